The van der Waals surface area contributed by atoms with Crippen LogP contribution in [-0.4, -0.2) is 47.7 Å². The molecule has 7 nitrogen and oxygen atoms in total. The van der Waals surface area contributed by atoms with Gasteiger partial charge < -0.3 is 25.0 Å². The number of furan rings is 1. The lowest BCUT2D eigenvalue weighted by Gasteiger charge is -2.31. The number of amidine groups is 1. The first-order chi connectivity index (χ1) is 8.63. The van der Waals surface area contributed by atoms with Crippen LogP contribution in [-0.2, 0) is 4.74 Å². The fourth-order valence-electron chi connectivity index (χ4n) is 1.69. The van der Waals surface area contributed by atoms with E-state index in [0.29, 0.717) is 13.2 Å². The van der Waals surface area contributed by atoms with Crippen molar-refractivity contribution < 1.29 is 19.2 Å². The Bertz CT molecular complexity index is 473. The van der Waals surface area contributed by atoms with Crippen LogP contribution in [0.15, 0.2) is 21.9 Å². The molecule has 1 aliphatic rings. The van der Waals surface area contributed by atoms with Gasteiger partial charge in [-0.15, -0.1) is 0 Å². The average molecular weight is 274 g/mol. The van der Waals surface area contributed by atoms with Gasteiger partial charge in [-0.1, -0.05) is 5.16 Å². The summed E-state index contributed by atoms with van der Waals surface area (Å²) in [4.78, 5) is 13.6. The Morgan fingerprint density at radius 1 is 1.67 bits per heavy atom. The fraction of sp³-hybridized carbons (Fsp3) is 0.400. The number of carbonyl (C=O) groups excluding carboxylic acids is 1. The summed E-state index contributed by atoms with van der Waals surface area (Å²) in [6, 6.07) is 1.50. The first kappa shape index (κ1) is 12.7. The van der Waals surface area contributed by atoms with Crippen molar-refractivity contribution in [2.75, 3.05) is 19.7 Å². The van der Waals surface area contributed by atoms with Crippen LogP contribution < -0.4 is 5.73 Å². The minimum atomic E-state index is -0.613. The first-order valence-electron chi connectivity index (χ1n) is 5.24. The van der Waals surface area contributed by atoms with E-state index >= 15 is 0 Å². The van der Waals surface area contributed by atoms with Crippen molar-refractivity contribution in [2.45, 2.75) is 6.10 Å². The molecule has 0 saturated carbocycles. The molecule has 8 heteroatoms. The Hall–Kier alpha value is -1.73. The maximum Gasteiger partial charge on any atom is 0.258 e. The van der Waals surface area contributed by atoms with E-state index in [1.165, 1.54) is 17.2 Å². The summed E-state index contributed by atoms with van der Waals surface area (Å²) in [5.74, 6) is -0.335. The maximum atomic E-state index is 12.1. The van der Waals surface area contributed by atoms with Gasteiger partial charge >= 0.3 is 0 Å². The number of hydrogen-bond acceptors (Lipinski definition) is 5. The van der Waals surface area contributed by atoms with Crippen LogP contribution in [0.4, 0.5) is 0 Å². The van der Waals surface area contributed by atoms with E-state index in [1.807, 2.05) is 0 Å². The zero-order valence-electron chi connectivity index (χ0n) is 9.38. The molecule has 2 heterocycles. The van der Waals surface area contributed by atoms with E-state index in [1.54, 1.807) is 0 Å². The molecule has 1 aliphatic heterocycles. The highest BCUT2D eigenvalue weighted by molar-refractivity contribution is 6.32. The zero-order valence-corrected chi connectivity index (χ0v) is 10.1. The van der Waals surface area contributed by atoms with E-state index < -0.39 is 6.10 Å². The molecule has 0 radical (unpaired) electrons. The largest absolute Gasteiger partial charge is 0.452 e. The third-order valence-electron chi connectivity index (χ3n) is 2.65. The Kier molecular flexibility index (Phi) is 3.73. The topological polar surface area (TPSA) is 101 Å². The van der Waals surface area contributed by atoms with Crippen molar-refractivity contribution >= 4 is 23.3 Å². The molecule has 1 saturated heterocycles. The number of nitrogens with two attached hydrogens (primary N) is 1. The fourth-order valence-corrected chi connectivity index (χ4v) is 1.89. The van der Waals surface area contributed by atoms with Crippen molar-refractivity contribution in [3.05, 3.63) is 23.1 Å². The molecule has 0 aliphatic carbocycles. The Labute approximate surface area is 108 Å². The van der Waals surface area contributed by atoms with Crippen LogP contribution in [0.5, 0.6) is 0 Å². The van der Waals surface area contributed by atoms with Crippen LogP contribution in [0, 0.1) is 0 Å². The molecule has 0 bridgehead atoms. The van der Waals surface area contributed by atoms with Crippen molar-refractivity contribution in [2.24, 2.45) is 10.9 Å². The highest BCUT2D eigenvalue weighted by Gasteiger charge is 2.29. The molecule has 18 heavy (non-hydrogen) atoms. The van der Waals surface area contributed by atoms with E-state index in [0.717, 1.165) is 0 Å². The summed E-state index contributed by atoms with van der Waals surface area (Å²) in [7, 11) is 0. The van der Waals surface area contributed by atoms with Crippen LogP contribution in [0.1, 0.15) is 10.4 Å². The number of oxime groups is 1. The smallest absolute Gasteiger partial charge is 0.258 e. The molecular weight excluding hydrogens is 262 g/mol. The van der Waals surface area contributed by atoms with Crippen LogP contribution in [0.3, 0.4) is 0 Å². The molecule has 1 aromatic heterocycles. The van der Waals surface area contributed by atoms with Gasteiger partial charge in [0, 0.05) is 6.54 Å². The van der Waals surface area contributed by atoms with E-state index in [9.17, 15) is 4.79 Å². The minimum Gasteiger partial charge on any atom is -0.452 e. The van der Waals surface area contributed by atoms with Crippen molar-refractivity contribution in [3.8, 4) is 0 Å². The van der Waals surface area contributed by atoms with Gasteiger partial charge in [0.25, 0.3) is 5.91 Å². The normalized spacial score (nSPS) is 21.1. The van der Waals surface area contributed by atoms with Gasteiger partial charge in [-0.3, -0.25) is 4.79 Å². The second-order valence-corrected chi connectivity index (χ2v) is 4.09. The van der Waals surface area contributed by atoms with E-state index in [-0.39, 0.29) is 29.1 Å². The van der Waals surface area contributed by atoms with Gasteiger partial charge in [0.05, 0.1) is 25.0 Å². The molecular formula is C10H12ClN3O4. The summed E-state index contributed by atoms with van der Waals surface area (Å²) >= 11 is 5.75. The third kappa shape index (κ3) is 2.41. The predicted molar refractivity (Wildman–Crippen MR) is 62.8 cm³/mol. The molecule has 3 N–H and O–H groups in total. The van der Waals surface area contributed by atoms with Crippen molar-refractivity contribution in [1.29, 1.82) is 0 Å². The van der Waals surface area contributed by atoms with Gasteiger partial charge in [-0.05, 0) is 17.7 Å². The minimum absolute atomic E-state index is 0.0480. The highest BCUT2D eigenvalue weighted by atomic mass is 35.5. The molecule has 1 fully saturated rings. The van der Waals surface area contributed by atoms with Crippen LogP contribution in [0.2, 0.25) is 5.22 Å². The second-order valence-electron chi connectivity index (χ2n) is 3.74. The summed E-state index contributed by atoms with van der Waals surface area (Å²) in [5, 5.41) is 11.5. The number of morpholine rings is 1. The van der Waals surface area contributed by atoms with Gasteiger partial charge in [0.1, 0.15) is 6.10 Å². The van der Waals surface area contributed by atoms with E-state index in [2.05, 4.69) is 5.16 Å². The number of carbonyl (C=O) groups is 1. The number of rotatable bonds is 2. The molecule has 2 rings (SSSR count). The SMILES string of the molecule is N/C(=N/O)C1CN(C(=O)c2ccoc2Cl)CCO1. The first-order valence-corrected chi connectivity index (χ1v) is 5.62. The molecule has 1 amide bonds. The van der Waals surface area contributed by atoms with Crippen molar-refractivity contribution in [3.63, 3.8) is 0 Å². The molecule has 0 aromatic carbocycles. The summed E-state index contributed by atoms with van der Waals surface area (Å²) in [6.07, 6.45) is 0.732. The monoisotopic (exact) mass is 273 g/mol. The molecule has 1 atom stereocenters. The number of hydrogen-bond donors (Lipinski definition) is 2. The average Bonchev–Trinajstić information content (AvgIpc) is 2.83. The Morgan fingerprint density at radius 2 is 2.44 bits per heavy atom. The number of nitrogens with zero attached hydrogens (tertiary/aromatic N) is 2. The summed E-state index contributed by atoms with van der Waals surface area (Å²) < 4.78 is 10.2. The number of amides is 1. The van der Waals surface area contributed by atoms with Gasteiger partial charge in [0.15, 0.2) is 5.84 Å². The van der Waals surface area contributed by atoms with Gasteiger partial charge in [0.2, 0.25) is 5.22 Å². The molecule has 0 spiro atoms. The predicted octanol–water partition coefficient (Wildman–Crippen LogP) is 0.520. The summed E-state index contributed by atoms with van der Waals surface area (Å²) in [6.45, 7) is 0.924. The quantitative estimate of drug-likeness (QED) is 0.354. The lowest BCUT2D eigenvalue weighted by Crippen LogP contribution is -2.50. The van der Waals surface area contributed by atoms with Crippen molar-refractivity contribution in [1.82, 2.24) is 4.90 Å². The van der Waals surface area contributed by atoms with Gasteiger partial charge in [-0.25, -0.2) is 0 Å². The van der Waals surface area contributed by atoms with Crippen LogP contribution >= 0.6 is 11.6 Å². The molecule has 1 unspecified atom stereocenters. The Balaban J connectivity index is 2.10. The molecule has 1 aromatic rings. The third-order valence-corrected chi connectivity index (χ3v) is 2.94. The maximum absolute atomic E-state index is 12.1. The number of ether oxygens (including phenoxy) is 1. The zero-order chi connectivity index (χ0) is 13.1. The van der Waals surface area contributed by atoms with Gasteiger partial charge in [-0.2, -0.15) is 0 Å². The van der Waals surface area contributed by atoms with Crippen LogP contribution in [0.25, 0.3) is 0 Å². The Morgan fingerprint density at radius 3 is 3.06 bits per heavy atom. The lowest BCUT2D eigenvalue weighted by atomic mass is 10.2. The van der Waals surface area contributed by atoms with E-state index in [4.69, 9.17) is 31.7 Å². The lowest BCUT2D eigenvalue weighted by molar-refractivity contribution is 0.00673. The standard InChI is InChI=1S/C10H12ClN3O4/c11-8-6(1-3-18-8)10(15)14-2-4-17-7(5-14)9(12)13-16/h1,3,7,16H,2,4-5H2,(H2,12,13). The second kappa shape index (κ2) is 5.28. The number of halogens is 1. The highest BCUT2D eigenvalue weighted by Crippen LogP contribution is 2.20. The molecule has 98 valence electrons. The summed E-state index contributed by atoms with van der Waals surface area (Å²) in [5.41, 5.74) is 5.74.